The fourth-order valence-electron chi connectivity index (χ4n) is 3.55. The molecule has 0 saturated heterocycles. The van der Waals surface area contributed by atoms with Gasteiger partial charge in [-0.25, -0.2) is 14.4 Å². The van der Waals surface area contributed by atoms with E-state index in [1.807, 2.05) is 19.0 Å². The van der Waals surface area contributed by atoms with Crippen molar-refractivity contribution in [1.82, 2.24) is 30.1 Å². The third-order valence-corrected chi connectivity index (χ3v) is 6.14. The van der Waals surface area contributed by atoms with Gasteiger partial charge < -0.3 is 30.5 Å². The molecule has 1 atom stereocenters. The summed E-state index contributed by atoms with van der Waals surface area (Å²) < 4.78 is 18.4. The van der Waals surface area contributed by atoms with Crippen molar-refractivity contribution in [1.29, 1.82) is 0 Å². The number of methoxy groups -OCH3 is 1. The maximum absolute atomic E-state index is 13.3. The maximum Gasteiger partial charge on any atom is 0.246 e. The Morgan fingerprint density at radius 3 is 2.47 bits per heavy atom. The minimum atomic E-state index is -0.608. The summed E-state index contributed by atoms with van der Waals surface area (Å²) in [4.78, 5) is 41.3. The van der Waals surface area contributed by atoms with Gasteiger partial charge in [-0.1, -0.05) is 17.9 Å². The molecule has 0 aliphatic carbocycles. The van der Waals surface area contributed by atoms with Crippen LogP contribution in [0, 0.1) is 17.7 Å². The van der Waals surface area contributed by atoms with Gasteiger partial charge in [-0.2, -0.15) is 4.98 Å². The molecule has 0 spiro atoms. The lowest BCUT2D eigenvalue weighted by Gasteiger charge is -2.23. The number of amides is 2. The van der Waals surface area contributed by atoms with Gasteiger partial charge in [-0.05, 0) is 57.8 Å². The smallest absolute Gasteiger partial charge is 0.246 e. The number of hydrogen-bond acceptors (Lipinski definition) is 9. The molecule has 12 heteroatoms. The Kier molecular flexibility index (Phi) is 12.4. The predicted octanol–water partition coefficient (Wildman–Crippen LogP) is 3.72. The van der Waals surface area contributed by atoms with Crippen LogP contribution in [0.5, 0.6) is 5.88 Å². The summed E-state index contributed by atoms with van der Waals surface area (Å²) in [6, 6.07) is 8.77. The molecule has 0 fully saturated rings. The van der Waals surface area contributed by atoms with Crippen LogP contribution in [0.15, 0.2) is 60.9 Å². The Balaban J connectivity index is 1.60. The van der Waals surface area contributed by atoms with Crippen molar-refractivity contribution in [3.8, 4) is 17.7 Å². The first-order chi connectivity index (χ1) is 20.7. The molecule has 1 aromatic carbocycles. The summed E-state index contributed by atoms with van der Waals surface area (Å²) in [5.41, 5.74) is 1.86. The summed E-state index contributed by atoms with van der Waals surface area (Å²) in [6.07, 6.45) is 7.56. The van der Waals surface area contributed by atoms with Gasteiger partial charge in [0.25, 0.3) is 0 Å². The number of carbonyl (C=O) groups is 2. The molecule has 2 heterocycles. The molecule has 3 N–H and O–H groups in total. The number of rotatable bonds is 13. The lowest BCUT2D eigenvalue weighted by molar-refractivity contribution is -0.135. The van der Waals surface area contributed by atoms with Crippen molar-refractivity contribution < 1.29 is 18.7 Å². The molecule has 3 rings (SSSR count). The Bertz CT molecular complexity index is 1450. The van der Waals surface area contributed by atoms with Crippen LogP contribution in [-0.2, 0) is 9.59 Å². The number of likely N-dealkylation sites (N-methyl/N-ethyl adjacent to an activating group) is 2. The molecular weight excluding hydrogens is 551 g/mol. The number of nitrogens with one attached hydrogen (secondary N) is 3. The van der Waals surface area contributed by atoms with Crippen LogP contribution in [-0.4, -0.2) is 84.0 Å². The SMILES string of the molecule is COc1ccc(Nc2nc(Nc3ccc(F)cc3)ncc2C#CCCCNC(=O)[C@H](C)N(C)C(=O)C=CCN(C)C)cn1. The summed E-state index contributed by atoms with van der Waals surface area (Å²) in [5, 5.41) is 9.12. The number of pyridine rings is 1. The zero-order valence-corrected chi connectivity index (χ0v) is 25.0. The van der Waals surface area contributed by atoms with Gasteiger partial charge in [0.05, 0.1) is 30.8 Å². The zero-order chi connectivity index (χ0) is 31.2. The fraction of sp³-hybridized carbons (Fsp3) is 0.323. The Labute approximate surface area is 251 Å². The number of halogens is 1. The normalized spacial score (nSPS) is 11.4. The van der Waals surface area contributed by atoms with Crippen molar-refractivity contribution in [2.24, 2.45) is 0 Å². The molecule has 0 bridgehead atoms. The largest absolute Gasteiger partial charge is 0.481 e. The summed E-state index contributed by atoms with van der Waals surface area (Å²) in [6.45, 7) is 2.74. The van der Waals surface area contributed by atoms with Gasteiger partial charge in [0.1, 0.15) is 11.9 Å². The molecule has 43 heavy (non-hydrogen) atoms. The van der Waals surface area contributed by atoms with Gasteiger partial charge in [0.15, 0.2) is 5.82 Å². The number of benzene rings is 1. The first-order valence-electron chi connectivity index (χ1n) is 13.7. The second-order valence-corrected chi connectivity index (χ2v) is 9.79. The third-order valence-electron chi connectivity index (χ3n) is 6.14. The van der Waals surface area contributed by atoms with Crippen LogP contribution in [0.1, 0.15) is 25.3 Å². The highest BCUT2D eigenvalue weighted by Crippen LogP contribution is 2.22. The molecule has 2 aromatic heterocycles. The first kappa shape index (κ1) is 32.5. The lowest BCUT2D eigenvalue weighted by Crippen LogP contribution is -2.45. The maximum atomic E-state index is 13.3. The van der Waals surface area contributed by atoms with Gasteiger partial charge in [-0.15, -0.1) is 0 Å². The molecule has 226 valence electrons. The van der Waals surface area contributed by atoms with Crippen LogP contribution in [0.2, 0.25) is 0 Å². The van der Waals surface area contributed by atoms with E-state index in [1.54, 1.807) is 63.8 Å². The van der Waals surface area contributed by atoms with Crippen molar-refractivity contribution in [2.45, 2.75) is 25.8 Å². The standard InChI is InChI=1S/C31H37FN8O3/c1-22(40(4)28(41)11-9-19-39(2)3)30(42)33-18-8-6-7-10-23-20-35-31(37-25-14-12-24(32)13-15-25)38-29(23)36-26-16-17-27(43-5)34-21-26/h9,11-17,20-22H,6,8,18-19H2,1-5H3,(H,33,42)(H2,35,36,37,38)/t22-/m0/s1. The average Bonchev–Trinajstić information content (AvgIpc) is 3.00. The van der Waals surface area contributed by atoms with Gasteiger partial charge in [0.2, 0.25) is 23.6 Å². The number of anilines is 4. The number of aromatic nitrogens is 3. The highest BCUT2D eigenvalue weighted by molar-refractivity contribution is 5.92. The summed E-state index contributed by atoms with van der Waals surface area (Å²) in [7, 11) is 6.97. The van der Waals surface area contributed by atoms with E-state index in [2.05, 4.69) is 42.7 Å². The van der Waals surface area contributed by atoms with Crippen LogP contribution in [0.25, 0.3) is 0 Å². The second-order valence-electron chi connectivity index (χ2n) is 9.79. The lowest BCUT2D eigenvalue weighted by atomic mass is 10.2. The third kappa shape index (κ3) is 10.7. The van der Waals surface area contributed by atoms with Crippen molar-refractivity contribution in [2.75, 3.05) is 52.0 Å². The average molecular weight is 589 g/mol. The second kappa shape index (κ2) is 16.4. The Morgan fingerprint density at radius 2 is 1.79 bits per heavy atom. The van der Waals surface area contributed by atoms with E-state index in [4.69, 9.17) is 4.74 Å². The molecule has 11 nitrogen and oxygen atoms in total. The van der Waals surface area contributed by atoms with Crippen LogP contribution in [0.3, 0.4) is 0 Å². The molecule has 3 aromatic rings. The van der Waals surface area contributed by atoms with Crippen LogP contribution >= 0.6 is 0 Å². The minimum Gasteiger partial charge on any atom is -0.481 e. The van der Waals surface area contributed by atoms with Crippen LogP contribution in [0.4, 0.5) is 27.5 Å². The minimum absolute atomic E-state index is 0.230. The van der Waals surface area contributed by atoms with E-state index in [0.717, 1.165) is 0 Å². The number of ether oxygens (including phenoxy) is 1. The number of nitrogens with zero attached hydrogens (tertiary/aromatic N) is 5. The predicted molar refractivity (Wildman–Crippen MR) is 165 cm³/mol. The van der Waals surface area contributed by atoms with E-state index >= 15 is 0 Å². The monoisotopic (exact) mass is 588 g/mol. The van der Waals surface area contributed by atoms with E-state index in [1.165, 1.54) is 23.1 Å². The molecular formula is C31H37FN8O3. The van der Waals surface area contributed by atoms with Gasteiger partial charge in [0, 0.05) is 44.4 Å². The molecule has 0 aliphatic rings. The quantitative estimate of drug-likeness (QED) is 0.156. The zero-order valence-electron chi connectivity index (χ0n) is 25.0. The van der Waals surface area contributed by atoms with Crippen molar-refractivity contribution in [3.05, 3.63) is 72.3 Å². The number of unbranched alkanes of at least 4 members (excludes halogenated alkanes) is 1. The van der Waals surface area contributed by atoms with E-state index < -0.39 is 6.04 Å². The molecule has 0 unspecified atom stereocenters. The highest BCUT2D eigenvalue weighted by Gasteiger charge is 2.20. The van der Waals surface area contributed by atoms with E-state index in [9.17, 15) is 14.0 Å². The first-order valence-corrected chi connectivity index (χ1v) is 13.7. The summed E-state index contributed by atoms with van der Waals surface area (Å²) in [5.74, 6) is 6.61. The molecule has 0 radical (unpaired) electrons. The number of carbonyl (C=O) groups excluding carboxylic acids is 2. The highest BCUT2D eigenvalue weighted by atomic mass is 19.1. The topological polar surface area (TPSA) is 125 Å². The van der Waals surface area contributed by atoms with Crippen LogP contribution < -0.4 is 20.7 Å². The molecule has 0 saturated carbocycles. The summed E-state index contributed by atoms with van der Waals surface area (Å²) >= 11 is 0. The molecule has 2 amide bonds. The molecule has 0 aliphatic heterocycles. The van der Waals surface area contributed by atoms with E-state index in [0.29, 0.717) is 60.5 Å². The number of hydrogen-bond donors (Lipinski definition) is 3. The van der Waals surface area contributed by atoms with Crippen molar-refractivity contribution >= 4 is 35.0 Å². The Morgan fingerprint density at radius 1 is 1.05 bits per heavy atom. The Hall–Kier alpha value is -5.02. The van der Waals surface area contributed by atoms with Gasteiger partial charge >= 0.3 is 0 Å². The van der Waals surface area contributed by atoms with Gasteiger partial charge in [-0.3, -0.25) is 9.59 Å². The van der Waals surface area contributed by atoms with E-state index in [-0.39, 0.29) is 17.6 Å². The fourth-order valence-corrected chi connectivity index (χ4v) is 3.55. The van der Waals surface area contributed by atoms with Crippen molar-refractivity contribution in [3.63, 3.8) is 0 Å².